The van der Waals surface area contributed by atoms with Crippen molar-refractivity contribution in [2.45, 2.75) is 72.8 Å². The van der Waals surface area contributed by atoms with Crippen LogP contribution in [0.15, 0.2) is 24.3 Å². The lowest BCUT2D eigenvalue weighted by Gasteiger charge is -2.28. The summed E-state index contributed by atoms with van der Waals surface area (Å²) in [5, 5.41) is 16.9. The highest BCUT2D eigenvalue weighted by Crippen LogP contribution is 2.42. The summed E-state index contributed by atoms with van der Waals surface area (Å²) in [6.07, 6.45) is -0.693. The third kappa shape index (κ3) is 5.29. The molecule has 3 aromatic rings. The van der Waals surface area contributed by atoms with Gasteiger partial charge in [-0.25, -0.2) is 14.5 Å². The molecule has 0 saturated heterocycles. The zero-order chi connectivity index (χ0) is 24.6. The van der Waals surface area contributed by atoms with E-state index in [9.17, 15) is 9.90 Å². The van der Waals surface area contributed by atoms with Crippen molar-refractivity contribution in [1.29, 1.82) is 0 Å². The molecule has 0 unspecified atom stereocenters. The van der Waals surface area contributed by atoms with Crippen LogP contribution in [0.1, 0.15) is 65.3 Å². The zero-order valence-corrected chi connectivity index (χ0v) is 20.9. The van der Waals surface area contributed by atoms with E-state index in [1.165, 1.54) is 0 Å². The highest BCUT2D eigenvalue weighted by atomic mass is 16.7. The first-order chi connectivity index (χ1) is 15.3. The SMILES string of the molecule is CCOC(=O)OCCn1nc(-c2cc(C(C)(C)C)c(O)c(C(C)(C)C)c2)c2ccc(C)nc21. The number of aromatic nitrogens is 3. The van der Waals surface area contributed by atoms with E-state index < -0.39 is 6.16 Å². The number of phenols is 1. The van der Waals surface area contributed by atoms with Gasteiger partial charge in [0, 0.05) is 27.8 Å². The molecule has 0 aliphatic rings. The van der Waals surface area contributed by atoms with Gasteiger partial charge in [-0.15, -0.1) is 0 Å². The number of hydrogen-bond donors (Lipinski definition) is 1. The first-order valence-corrected chi connectivity index (χ1v) is 11.3. The van der Waals surface area contributed by atoms with Crippen molar-refractivity contribution in [1.82, 2.24) is 14.8 Å². The molecule has 0 bridgehead atoms. The van der Waals surface area contributed by atoms with Gasteiger partial charge in [0.05, 0.1) is 13.2 Å². The van der Waals surface area contributed by atoms with Crippen LogP contribution >= 0.6 is 0 Å². The van der Waals surface area contributed by atoms with E-state index in [-0.39, 0.29) is 24.0 Å². The molecule has 1 aromatic carbocycles. The molecule has 7 nitrogen and oxygen atoms in total. The lowest BCUT2D eigenvalue weighted by atomic mass is 9.78. The topological polar surface area (TPSA) is 86.5 Å². The molecule has 0 radical (unpaired) electrons. The highest BCUT2D eigenvalue weighted by Gasteiger charge is 2.28. The number of pyridine rings is 1. The predicted molar refractivity (Wildman–Crippen MR) is 130 cm³/mol. The molecule has 7 heteroatoms. The number of carbonyl (C=O) groups is 1. The average Bonchev–Trinajstić information content (AvgIpc) is 3.04. The van der Waals surface area contributed by atoms with Crippen LogP contribution in [0, 0.1) is 6.92 Å². The van der Waals surface area contributed by atoms with Crippen LogP contribution in [0.2, 0.25) is 0 Å². The summed E-state index contributed by atoms with van der Waals surface area (Å²) in [5.74, 6) is 0.333. The minimum absolute atomic E-state index is 0.126. The minimum Gasteiger partial charge on any atom is -0.507 e. The molecule has 0 aliphatic carbocycles. The third-order valence-corrected chi connectivity index (χ3v) is 5.52. The van der Waals surface area contributed by atoms with Crippen molar-refractivity contribution in [3.05, 3.63) is 41.1 Å². The number of ether oxygens (including phenoxy) is 2. The van der Waals surface area contributed by atoms with Gasteiger partial charge >= 0.3 is 6.16 Å². The number of phenolic OH excluding ortho intramolecular Hbond substituents is 1. The second-order valence-corrected chi connectivity index (χ2v) is 10.3. The Bertz CT molecular complexity index is 1130. The Kier molecular flexibility index (Phi) is 6.73. The molecular weight excluding hydrogens is 418 g/mol. The molecular formula is C26H35N3O4. The smallest absolute Gasteiger partial charge is 0.507 e. The standard InChI is InChI=1S/C26H35N3O4/c1-9-32-24(31)33-13-12-29-23-18(11-10-16(2)27-23)21(28-29)17-14-19(25(3,4)5)22(30)20(15-17)26(6,7)8/h10-11,14-15,30H,9,12-13H2,1-8H3. The van der Waals surface area contributed by atoms with Crippen LogP contribution in [-0.4, -0.2) is 39.2 Å². The second-order valence-electron chi connectivity index (χ2n) is 10.3. The summed E-state index contributed by atoms with van der Waals surface area (Å²) in [4.78, 5) is 16.3. The number of hydrogen-bond acceptors (Lipinski definition) is 6. The van der Waals surface area contributed by atoms with E-state index in [0.29, 0.717) is 12.3 Å². The fourth-order valence-electron chi connectivity index (χ4n) is 3.81. The Hall–Kier alpha value is -3.09. The number of benzene rings is 1. The summed E-state index contributed by atoms with van der Waals surface area (Å²) < 4.78 is 11.7. The van der Waals surface area contributed by atoms with Crippen LogP contribution in [0.3, 0.4) is 0 Å². The van der Waals surface area contributed by atoms with Gasteiger partial charge in [0.15, 0.2) is 5.65 Å². The van der Waals surface area contributed by atoms with Gasteiger partial charge < -0.3 is 14.6 Å². The monoisotopic (exact) mass is 453 g/mol. The molecule has 0 atom stereocenters. The van der Waals surface area contributed by atoms with Crippen molar-refractivity contribution >= 4 is 17.2 Å². The Morgan fingerprint density at radius 3 is 2.18 bits per heavy atom. The van der Waals surface area contributed by atoms with Crippen molar-refractivity contribution in [2.24, 2.45) is 0 Å². The van der Waals surface area contributed by atoms with Gasteiger partial charge in [-0.3, -0.25) is 0 Å². The van der Waals surface area contributed by atoms with Gasteiger partial charge in [0.1, 0.15) is 18.1 Å². The Morgan fingerprint density at radius 1 is 1.03 bits per heavy atom. The molecule has 178 valence electrons. The van der Waals surface area contributed by atoms with Gasteiger partial charge in [-0.2, -0.15) is 5.10 Å². The van der Waals surface area contributed by atoms with Crippen molar-refractivity contribution < 1.29 is 19.4 Å². The number of fused-ring (bicyclic) bond motifs is 1. The fourth-order valence-corrected chi connectivity index (χ4v) is 3.81. The average molecular weight is 454 g/mol. The molecule has 0 saturated carbocycles. The van der Waals surface area contributed by atoms with Crippen LogP contribution in [0.25, 0.3) is 22.3 Å². The van der Waals surface area contributed by atoms with Crippen molar-refractivity contribution in [2.75, 3.05) is 13.2 Å². The molecule has 33 heavy (non-hydrogen) atoms. The quantitative estimate of drug-likeness (QED) is 0.486. The molecule has 0 aliphatic heterocycles. The molecule has 0 fully saturated rings. The van der Waals surface area contributed by atoms with E-state index in [1.807, 2.05) is 31.2 Å². The lowest BCUT2D eigenvalue weighted by molar-refractivity contribution is 0.0562. The first kappa shape index (κ1) is 24.6. The van der Waals surface area contributed by atoms with Crippen LogP contribution in [0.4, 0.5) is 4.79 Å². The number of aryl methyl sites for hydroxylation is 1. The van der Waals surface area contributed by atoms with Gasteiger partial charge in [-0.05, 0) is 48.9 Å². The number of aromatic hydroxyl groups is 1. The second kappa shape index (κ2) is 9.04. The predicted octanol–water partition coefficient (Wildman–Crippen LogP) is 5.88. The Balaban J connectivity index is 2.15. The van der Waals surface area contributed by atoms with E-state index in [0.717, 1.165) is 39.1 Å². The van der Waals surface area contributed by atoms with Crippen LogP contribution in [-0.2, 0) is 26.8 Å². The largest absolute Gasteiger partial charge is 0.508 e. The third-order valence-electron chi connectivity index (χ3n) is 5.52. The summed E-state index contributed by atoms with van der Waals surface area (Å²) in [6.45, 7) is 16.9. The summed E-state index contributed by atoms with van der Waals surface area (Å²) >= 11 is 0. The number of rotatable bonds is 5. The number of nitrogens with zero attached hydrogens (tertiary/aromatic N) is 3. The zero-order valence-electron chi connectivity index (χ0n) is 20.9. The highest BCUT2D eigenvalue weighted by molar-refractivity contribution is 5.92. The molecule has 2 heterocycles. The maximum atomic E-state index is 11.6. The number of carbonyl (C=O) groups excluding carboxylic acids is 1. The van der Waals surface area contributed by atoms with Gasteiger partial charge in [0.25, 0.3) is 0 Å². The fraction of sp³-hybridized carbons (Fsp3) is 0.500. The van der Waals surface area contributed by atoms with E-state index >= 15 is 0 Å². The summed E-state index contributed by atoms with van der Waals surface area (Å²) in [5.41, 5.74) is 4.55. The lowest BCUT2D eigenvalue weighted by Crippen LogP contribution is -2.17. The molecule has 1 N–H and O–H groups in total. The molecule has 2 aromatic heterocycles. The Morgan fingerprint density at radius 2 is 1.64 bits per heavy atom. The maximum Gasteiger partial charge on any atom is 0.508 e. The van der Waals surface area contributed by atoms with Gasteiger partial charge in [0.2, 0.25) is 0 Å². The Labute approximate surface area is 195 Å². The van der Waals surface area contributed by atoms with Gasteiger partial charge in [-0.1, -0.05) is 41.5 Å². The maximum absolute atomic E-state index is 11.6. The van der Waals surface area contributed by atoms with Crippen molar-refractivity contribution in [3.63, 3.8) is 0 Å². The molecule has 3 rings (SSSR count). The first-order valence-electron chi connectivity index (χ1n) is 11.3. The van der Waals surface area contributed by atoms with Crippen molar-refractivity contribution in [3.8, 4) is 17.0 Å². The van der Waals surface area contributed by atoms with E-state index in [1.54, 1.807) is 11.6 Å². The molecule has 0 amide bonds. The summed E-state index contributed by atoms with van der Waals surface area (Å²) in [7, 11) is 0. The van der Waals surface area contributed by atoms with Crippen LogP contribution < -0.4 is 0 Å². The summed E-state index contributed by atoms with van der Waals surface area (Å²) in [6, 6.07) is 8.02. The van der Waals surface area contributed by atoms with E-state index in [2.05, 4.69) is 41.5 Å². The normalized spacial score (nSPS) is 12.2. The molecule has 0 spiro atoms. The minimum atomic E-state index is -0.693. The van der Waals surface area contributed by atoms with E-state index in [4.69, 9.17) is 19.6 Å². The van der Waals surface area contributed by atoms with Crippen LogP contribution in [0.5, 0.6) is 5.75 Å².